The molecule has 0 nitrogen and oxygen atoms in total. The van der Waals surface area contributed by atoms with Gasteiger partial charge >= 0.3 is 0 Å². The molecule has 0 unspecified atom stereocenters. The van der Waals surface area contributed by atoms with Crippen LogP contribution in [0.1, 0.15) is 0 Å². The van der Waals surface area contributed by atoms with Gasteiger partial charge in [0, 0.05) is 0 Å². The summed E-state index contributed by atoms with van der Waals surface area (Å²) in [5.41, 5.74) is 14.8. The zero-order valence-electron chi connectivity index (χ0n) is 40.6. The Morgan fingerprint density at radius 3 is 0.689 bits per heavy atom. The highest BCUT2D eigenvalue weighted by Gasteiger charge is 2.20. The van der Waals surface area contributed by atoms with Crippen LogP contribution in [0.3, 0.4) is 0 Å². The Morgan fingerprint density at radius 1 is 0.122 bits per heavy atom. The third kappa shape index (κ3) is 6.84. The largest absolute Gasteiger partial charge is 0.0616 e. The van der Waals surface area contributed by atoms with Gasteiger partial charge in [0.25, 0.3) is 0 Å². The molecule has 0 N–H and O–H groups in total. The minimum Gasteiger partial charge on any atom is -0.0616 e. The van der Waals surface area contributed by atoms with Crippen LogP contribution in [0.2, 0.25) is 0 Å². The van der Waals surface area contributed by atoms with Gasteiger partial charge in [0.05, 0.1) is 0 Å². The van der Waals surface area contributed by atoms with Gasteiger partial charge in [-0.25, -0.2) is 0 Å². The van der Waals surface area contributed by atoms with Crippen molar-refractivity contribution in [3.8, 4) is 66.8 Å². The third-order valence-electron chi connectivity index (χ3n) is 15.8. The van der Waals surface area contributed by atoms with Crippen LogP contribution in [0.5, 0.6) is 0 Å². The van der Waals surface area contributed by atoms with Crippen LogP contribution in [0.25, 0.3) is 153 Å². The van der Waals surface area contributed by atoms with Gasteiger partial charge < -0.3 is 0 Å². The van der Waals surface area contributed by atoms with Crippen LogP contribution in [0.4, 0.5) is 0 Å². The van der Waals surface area contributed by atoms with Crippen molar-refractivity contribution >= 4 is 86.2 Å². The second-order valence-electron chi connectivity index (χ2n) is 19.9. The molecular weight excluding hydrogens is 889 g/mol. The Hall–Kier alpha value is -9.62. The van der Waals surface area contributed by atoms with Crippen molar-refractivity contribution in [1.82, 2.24) is 0 Å². The Kier molecular flexibility index (Phi) is 9.68. The number of hydrogen-bond donors (Lipinski definition) is 0. The van der Waals surface area contributed by atoms with Crippen molar-refractivity contribution in [1.29, 1.82) is 0 Å². The lowest BCUT2D eigenvalue weighted by Crippen LogP contribution is -1.92. The third-order valence-corrected chi connectivity index (χ3v) is 15.8. The summed E-state index contributed by atoms with van der Waals surface area (Å²) in [4.78, 5) is 0. The average molecular weight is 935 g/mol. The SMILES string of the molecule is c1ccc2cc(-c3ccc(-c4c5ccccc5c(-c5ccc6ccc7ccc(-c8c9ccccc9c(-c9ccc(-c%10ccc%11ccccc%11c%10)cc9)c9ccccc89)cc7c6c5)c5ccccc45)cc3)ccc2c1. The first-order valence-corrected chi connectivity index (χ1v) is 25.7. The maximum atomic E-state index is 2.45. The molecule has 74 heavy (non-hydrogen) atoms. The van der Waals surface area contributed by atoms with Crippen LogP contribution >= 0.6 is 0 Å². The fourth-order valence-corrected chi connectivity index (χ4v) is 12.3. The monoisotopic (exact) mass is 934 g/mol. The molecule has 15 rings (SSSR count). The van der Waals surface area contributed by atoms with E-state index in [1.54, 1.807) is 0 Å². The molecule has 0 amide bonds. The summed E-state index contributed by atoms with van der Waals surface area (Å²) in [7, 11) is 0. The van der Waals surface area contributed by atoms with E-state index in [0.717, 1.165) is 0 Å². The lowest BCUT2D eigenvalue weighted by atomic mass is 9.84. The quantitative estimate of drug-likeness (QED) is 0.115. The van der Waals surface area contributed by atoms with E-state index in [2.05, 4.69) is 279 Å². The van der Waals surface area contributed by atoms with Crippen molar-refractivity contribution in [3.63, 3.8) is 0 Å². The van der Waals surface area contributed by atoms with Crippen LogP contribution < -0.4 is 0 Å². The molecule has 0 spiro atoms. The minimum absolute atomic E-state index is 1.22. The van der Waals surface area contributed by atoms with E-state index in [0.29, 0.717) is 0 Å². The maximum absolute atomic E-state index is 2.45. The lowest BCUT2D eigenvalue weighted by Gasteiger charge is -2.19. The molecule has 0 atom stereocenters. The maximum Gasteiger partial charge on any atom is -0.00261 e. The van der Waals surface area contributed by atoms with Crippen LogP contribution in [0, 0.1) is 0 Å². The molecule has 15 aromatic carbocycles. The second-order valence-corrected chi connectivity index (χ2v) is 19.9. The van der Waals surface area contributed by atoms with E-state index in [9.17, 15) is 0 Å². The molecule has 0 radical (unpaired) electrons. The Morgan fingerprint density at radius 2 is 0.351 bits per heavy atom. The Balaban J connectivity index is 0.864. The zero-order chi connectivity index (χ0) is 48.7. The average Bonchev–Trinajstić information content (AvgIpc) is 3.50. The summed E-state index contributed by atoms with van der Waals surface area (Å²) >= 11 is 0. The summed E-state index contributed by atoms with van der Waals surface area (Å²) in [6, 6.07) is 104. The van der Waals surface area contributed by atoms with Crippen LogP contribution in [-0.2, 0) is 0 Å². The molecule has 0 aliphatic carbocycles. The summed E-state index contributed by atoms with van der Waals surface area (Å²) in [5.74, 6) is 0. The fraction of sp³-hybridized carbons (Fsp3) is 0. The molecule has 0 heterocycles. The van der Waals surface area contributed by atoms with Gasteiger partial charge in [-0.1, -0.05) is 255 Å². The summed E-state index contributed by atoms with van der Waals surface area (Å²) in [6.07, 6.45) is 0. The van der Waals surface area contributed by atoms with E-state index in [1.165, 1.54) is 153 Å². The first-order valence-electron chi connectivity index (χ1n) is 25.7. The van der Waals surface area contributed by atoms with Crippen molar-refractivity contribution in [2.45, 2.75) is 0 Å². The predicted octanol–water partition coefficient (Wildman–Crippen LogP) is 20.9. The molecule has 0 aliphatic heterocycles. The van der Waals surface area contributed by atoms with Gasteiger partial charge in [0.1, 0.15) is 0 Å². The number of rotatable bonds is 6. The highest BCUT2D eigenvalue weighted by Crippen LogP contribution is 2.47. The van der Waals surface area contributed by atoms with E-state index >= 15 is 0 Å². The van der Waals surface area contributed by atoms with Crippen LogP contribution in [0.15, 0.2) is 279 Å². The zero-order valence-corrected chi connectivity index (χ0v) is 40.6. The number of hydrogen-bond acceptors (Lipinski definition) is 0. The highest BCUT2D eigenvalue weighted by molar-refractivity contribution is 6.24. The van der Waals surface area contributed by atoms with Gasteiger partial charge in [-0.3, -0.25) is 0 Å². The molecule has 0 fully saturated rings. The van der Waals surface area contributed by atoms with Crippen molar-refractivity contribution in [2.24, 2.45) is 0 Å². The standard InChI is InChI=1S/C74H46/c1-3-15-55-43-57(39-29-47(55)13-1)49-25-35-53(36-26-49)71-61-17-5-9-21-65(61)73(66-22-10-6-18-62(66)71)59-41-33-51-31-32-52-34-42-60(46-70(52)69(51)45-59)74-67-23-11-7-19-63(67)72(64-20-8-12-24-68(64)74)54-37-27-50(28-38-54)58-40-30-48-14-2-4-16-56(48)44-58/h1-46H. The molecule has 0 aromatic heterocycles. The topological polar surface area (TPSA) is 0 Å². The molecule has 0 heteroatoms. The highest BCUT2D eigenvalue weighted by atomic mass is 14.2. The van der Waals surface area contributed by atoms with Gasteiger partial charge in [0.2, 0.25) is 0 Å². The van der Waals surface area contributed by atoms with Gasteiger partial charge in [0.15, 0.2) is 0 Å². The van der Waals surface area contributed by atoms with Gasteiger partial charge in [-0.2, -0.15) is 0 Å². The van der Waals surface area contributed by atoms with E-state index in [-0.39, 0.29) is 0 Å². The van der Waals surface area contributed by atoms with Gasteiger partial charge in [-0.05, 0) is 177 Å². The molecule has 0 saturated carbocycles. The summed E-state index contributed by atoms with van der Waals surface area (Å²) < 4.78 is 0. The second kappa shape index (κ2) is 17.0. The van der Waals surface area contributed by atoms with Crippen LogP contribution in [-0.4, -0.2) is 0 Å². The van der Waals surface area contributed by atoms with E-state index < -0.39 is 0 Å². The predicted molar refractivity (Wildman–Crippen MR) is 319 cm³/mol. The van der Waals surface area contributed by atoms with Crippen molar-refractivity contribution in [3.05, 3.63) is 279 Å². The first-order chi connectivity index (χ1) is 36.7. The normalized spacial score (nSPS) is 11.8. The van der Waals surface area contributed by atoms with Crippen molar-refractivity contribution < 1.29 is 0 Å². The molecular formula is C74H46. The molecule has 342 valence electrons. The lowest BCUT2D eigenvalue weighted by molar-refractivity contribution is 1.63. The number of fused-ring (bicyclic) bond motifs is 9. The Bertz CT molecular complexity index is 4330. The first kappa shape index (κ1) is 42.1. The smallest absolute Gasteiger partial charge is 0.00261 e. The van der Waals surface area contributed by atoms with E-state index in [4.69, 9.17) is 0 Å². The molecule has 0 aliphatic rings. The summed E-state index contributed by atoms with van der Waals surface area (Å²) in [5, 5.41) is 20.0. The molecule has 15 aromatic rings. The Labute approximate surface area is 429 Å². The molecule has 0 bridgehead atoms. The van der Waals surface area contributed by atoms with Gasteiger partial charge in [-0.15, -0.1) is 0 Å². The fourth-order valence-electron chi connectivity index (χ4n) is 12.3. The summed E-state index contributed by atoms with van der Waals surface area (Å²) in [6.45, 7) is 0. The van der Waals surface area contributed by atoms with E-state index in [1.807, 2.05) is 0 Å². The number of benzene rings is 15. The molecule has 0 saturated heterocycles. The van der Waals surface area contributed by atoms with Crippen molar-refractivity contribution in [2.75, 3.05) is 0 Å². The minimum atomic E-state index is 1.22.